The molecule has 0 amide bonds. The first kappa shape index (κ1) is 9.93. The van der Waals surface area contributed by atoms with Gasteiger partial charge in [0.05, 0.1) is 10.7 Å². The van der Waals surface area contributed by atoms with E-state index in [1.54, 1.807) is 24.8 Å². The van der Waals surface area contributed by atoms with E-state index in [1.165, 1.54) is 0 Å². The fourth-order valence-corrected chi connectivity index (χ4v) is 1.40. The Hall–Kier alpha value is -1.61. The summed E-state index contributed by atoms with van der Waals surface area (Å²) in [6.45, 7) is 0.728. The molecule has 4 heteroatoms. The summed E-state index contributed by atoms with van der Waals surface area (Å²) in [4.78, 5) is 7.87. The molecule has 1 N–H and O–H groups in total. The van der Waals surface area contributed by atoms with Crippen molar-refractivity contribution in [2.75, 3.05) is 5.32 Å². The van der Waals surface area contributed by atoms with Gasteiger partial charge in [-0.1, -0.05) is 11.6 Å². The van der Waals surface area contributed by atoms with E-state index in [0.29, 0.717) is 5.02 Å². The van der Waals surface area contributed by atoms with Crippen LogP contribution in [0.2, 0.25) is 5.02 Å². The molecule has 0 saturated heterocycles. The highest BCUT2D eigenvalue weighted by Crippen LogP contribution is 2.19. The van der Waals surface area contributed by atoms with Crippen molar-refractivity contribution in [3.63, 3.8) is 0 Å². The molecule has 2 aromatic rings. The van der Waals surface area contributed by atoms with Gasteiger partial charge in [-0.2, -0.15) is 0 Å². The highest BCUT2D eigenvalue weighted by molar-refractivity contribution is 6.33. The van der Waals surface area contributed by atoms with E-state index in [0.717, 1.165) is 17.8 Å². The number of hydrogen-bond donors (Lipinski definition) is 1. The minimum absolute atomic E-state index is 0.631. The van der Waals surface area contributed by atoms with Crippen LogP contribution in [0.5, 0.6) is 0 Å². The average Bonchev–Trinajstić information content (AvgIpc) is 2.29. The predicted molar refractivity (Wildman–Crippen MR) is 60.8 cm³/mol. The van der Waals surface area contributed by atoms with Gasteiger partial charge in [-0.05, 0) is 23.8 Å². The maximum atomic E-state index is 5.95. The third kappa shape index (κ3) is 2.67. The molecule has 0 radical (unpaired) electrons. The maximum Gasteiger partial charge on any atom is 0.0820 e. The molecule has 2 heterocycles. The monoisotopic (exact) mass is 219 g/mol. The molecule has 0 spiro atoms. The molecular weight excluding hydrogens is 210 g/mol. The lowest BCUT2D eigenvalue weighted by atomic mass is 10.2. The lowest BCUT2D eigenvalue weighted by Crippen LogP contribution is -1.99. The van der Waals surface area contributed by atoms with E-state index in [2.05, 4.69) is 15.3 Å². The molecule has 0 aliphatic rings. The zero-order valence-corrected chi connectivity index (χ0v) is 8.78. The second-order valence-corrected chi connectivity index (χ2v) is 3.47. The van der Waals surface area contributed by atoms with Crippen molar-refractivity contribution in [1.82, 2.24) is 9.97 Å². The van der Waals surface area contributed by atoms with Crippen molar-refractivity contribution >= 4 is 17.3 Å². The van der Waals surface area contributed by atoms with E-state index in [9.17, 15) is 0 Å². The van der Waals surface area contributed by atoms with Crippen molar-refractivity contribution in [2.24, 2.45) is 0 Å². The first-order valence-electron chi connectivity index (χ1n) is 4.58. The molecule has 0 aromatic carbocycles. The summed E-state index contributed by atoms with van der Waals surface area (Å²) in [5, 5.41) is 3.86. The Morgan fingerprint density at radius 2 is 1.80 bits per heavy atom. The van der Waals surface area contributed by atoms with Gasteiger partial charge in [-0.3, -0.25) is 9.97 Å². The van der Waals surface area contributed by atoms with E-state index < -0.39 is 0 Å². The summed E-state index contributed by atoms with van der Waals surface area (Å²) < 4.78 is 0. The number of halogens is 1. The summed E-state index contributed by atoms with van der Waals surface area (Å²) in [7, 11) is 0. The van der Waals surface area contributed by atoms with Crippen molar-refractivity contribution in [3.05, 3.63) is 53.6 Å². The number of rotatable bonds is 3. The standard InChI is InChI=1S/C11H10ClN3/c12-10-8-14-6-3-11(10)15-7-9-1-4-13-5-2-9/h1-6,8H,7H2,(H,14,15). The highest BCUT2D eigenvalue weighted by atomic mass is 35.5. The number of anilines is 1. The van der Waals surface area contributed by atoms with Crippen LogP contribution in [0.1, 0.15) is 5.56 Å². The quantitative estimate of drug-likeness (QED) is 0.863. The zero-order valence-electron chi connectivity index (χ0n) is 8.02. The Balaban J connectivity index is 2.03. The minimum Gasteiger partial charge on any atom is -0.380 e. The second kappa shape index (κ2) is 4.75. The summed E-state index contributed by atoms with van der Waals surface area (Å²) >= 11 is 5.95. The van der Waals surface area contributed by atoms with Gasteiger partial charge in [-0.25, -0.2) is 0 Å². The van der Waals surface area contributed by atoms with E-state index >= 15 is 0 Å². The highest BCUT2D eigenvalue weighted by Gasteiger charge is 1.98. The van der Waals surface area contributed by atoms with Gasteiger partial charge in [0.25, 0.3) is 0 Å². The Bertz CT molecular complexity index is 431. The maximum absolute atomic E-state index is 5.95. The number of nitrogens with one attached hydrogen (secondary N) is 1. The van der Waals surface area contributed by atoms with Crippen LogP contribution in [0.25, 0.3) is 0 Å². The van der Waals surface area contributed by atoms with E-state index in [1.807, 2.05) is 18.2 Å². The Morgan fingerprint density at radius 3 is 2.53 bits per heavy atom. The first-order chi connectivity index (χ1) is 7.36. The summed E-state index contributed by atoms with van der Waals surface area (Å²) in [5.74, 6) is 0. The Kier molecular flexibility index (Phi) is 3.15. The normalized spacial score (nSPS) is 9.93. The molecule has 0 atom stereocenters. The largest absolute Gasteiger partial charge is 0.380 e. The molecule has 2 rings (SSSR count). The van der Waals surface area contributed by atoms with Gasteiger partial charge in [0, 0.05) is 31.3 Å². The van der Waals surface area contributed by atoms with Crippen molar-refractivity contribution in [3.8, 4) is 0 Å². The third-order valence-corrected chi connectivity index (χ3v) is 2.31. The van der Waals surface area contributed by atoms with Gasteiger partial charge in [-0.15, -0.1) is 0 Å². The summed E-state index contributed by atoms with van der Waals surface area (Å²) in [6, 6.07) is 5.77. The van der Waals surface area contributed by atoms with E-state index in [-0.39, 0.29) is 0 Å². The first-order valence-corrected chi connectivity index (χ1v) is 4.96. The van der Waals surface area contributed by atoms with Gasteiger partial charge in [0.15, 0.2) is 0 Å². The molecule has 3 nitrogen and oxygen atoms in total. The zero-order chi connectivity index (χ0) is 10.5. The van der Waals surface area contributed by atoms with Gasteiger partial charge in [0.1, 0.15) is 0 Å². The van der Waals surface area contributed by atoms with Gasteiger partial charge in [0.2, 0.25) is 0 Å². The van der Waals surface area contributed by atoms with Crippen molar-refractivity contribution in [1.29, 1.82) is 0 Å². The topological polar surface area (TPSA) is 37.8 Å². The van der Waals surface area contributed by atoms with Crippen LogP contribution >= 0.6 is 11.6 Å². The number of hydrogen-bond acceptors (Lipinski definition) is 3. The van der Waals surface area contributed by atoms with Crippen LogP contribution in [0.3, 0.4) is 0 Å². The number of aromatic nitrogens is 2. The third-order valence-electron chi connectivity index (χ3n) is 2.00. The fourth-order valence-electron chi connectivity index (χ4n) is 1.22. The summed E-state index contributed by atoms with van der Waals surface area (Å²) in [5.41, 5.74) is 2.06. The van der Waals surface area contributed by atoms with Crippen molar-refractivity contribution < 1.29 is 0 Å². The van der Waals surface area contributed by atoms with Crippen molar-refractivity contribution in [2.45, 2.75) is 6.54 Å². The molecule has 15 heavy (non-hydrogen) atoms. The SMILES string of the molecule is Clc1cnccc1NCc1ccncc1. The number of nitrogens with zero attached hydrogens (tertiary/aromatic N) is 2. The predicted octanol–water partition coefficient (Wildman–Crippen LogP) is 2.74. The minimum atomic E-state index is 0.631. The van der Waals surface area contributed by atoms with Crippen LogP contribution in [-0.2, 0) is 6.54 Å². The lowest BCUT2D eigenvalue weighted by molar-refractivity contribution is 1.12. The molecule has 0 aliphatic carbocycles. The van der Waals surface area contributed by atoms with Crippen LogP contribution in [0.4, 0.5) is 5.69 Å². The van der Waals surface area contributed by atoms with Gasteiger partial charge < -0.3 is 5.32 Å². The molecule has 0 aliphatic heterocycles. The Morgan fingerprint density at radius 1 is 1.07 bits per heavy atom. The van der Waals surface area contributed by atoms with Gasteiger partial charge >= 0.3 is 0 Å². The summed E-state index contributed by atoms with van der Waals surface area (Å²) in [6.07, 6.45) is 6.87. The molecule has 2 aromatic heterocycles. The molecule has 0 unspecified atom stereocenters. The average molecular weight is 220 g/mol. The second-order valence-electron chi connectivity index (χ2n) is 3.06. The lowest BCUT2D eigenvalue weighted by Gasteiger charge is -2.07. The van der Waals surface area contributed by atoms with E-state index in [4.69, 9.17) is 11.6 Å². The van der Waals surface area contributed by atoms with Crippen LogP contribution in [-0.4, -0.2) is 9.97 Å². The molecule has 0 bridgehead atoms. The fraction of sp³-hybridized carbons (Fsp3) is 0.0909. The van der Waals surface area contributed by atoms with Crippen LogP contribution in [0, 0.1) is 0 Å². The number of pyridine rings is 2. The van der Waals surface area contributed by atoms with Crippen LogP contribution in [0.15, 0.2) is 43.0 Å². The molecule has 0 fully saturated rings. The molecule has 76 valence electrons. The Labute approximate surface area is 93.1 Å². The smallest absolute Gasteiger partial charge is 0.0820 e. The van der Waals surface area contributed by atoms with Crippen LogP contribution < -0.4 is 5.32 Å². The molecule has 0 saturated carbocycles. The molecular formula is C11H10ClN3.